The third kappa shape index (κ3) is 3.69. The lowest BCUT2D eigenvalue weighted by molar-refractivity contribution is 1.14. The Labute approximate surface area is 123 Å². The molecule has 19 heavy (non-hydrogen) atoms. The first-order valence-corrected chi connectivity index (χ1v) is 6.73. The van der Waals surface area contributed by atoms with Gasteiger partial charge in [-0.2, -0.15) is 0 Å². The molecule has 4 heteroatoms. The standard InChI is InChI=1S/C15H15ClN2S/c1-10-3-2-4-11(7-10)9-18-12-5-6-13(15(17)19)14(16)8-12/h2-8,18H,9H2,1H3,(H2,17,19). The molecule has 0 atom stereocenters. The highest BCUT2D eigenvalue weighted by Crippen LogP contribution is 2.21. The Morgan fingerprint density at radius 1 is 1.26 bits per heavy atom. The second-order valence-electron chi connectivity index (χ2n) is 4.40. The summed E-state index contributed by atoms with van der Waals surface area (Å²) < 4.78 is 0. The number of thiocarbonyl (C=S) groups is 1. The van der Waals surface area contributed by atoms with Gasteiger partial charge in [-0.3, -0.25) is 0 Å². The van der Waals surface area contributed by atoms with Crippen LogP contribution in [0.2, 0.25) is 5.02 Å². The Morgan fingerprint density at radius 2 is 2.05 bits per heavy atom. The Hall–Kier alpha value is -1.58. The second-order valence-corrected chi connectivity index (χ2v) is 5.25. The van der Waals surface area contributed by atoms with Gasteiger partial charge in [-0.15, -0.1) is 0 Å². The number of nitrogens with one attached hydrogen (secondary N) is 1. The Kier molecular flexibility index (Phi) is 4.40. The molecule has 0 spiro atoms. The fourth-order valence-corrected chi connectivity index (χ4v) is 2.37. The maximum absolute atomic E-state index is 6.12. The molecule has 0 aliphatic rings. The summed E-state index contributed by atoms with van der Waals surface area (Å²) >= 11 is 11.0. The minimum absolute atomic E-state index is 0.315. The molecule has 0 saturated heterocycles. The van der Waals surface area contributed by atoms with Crippen LogP contribution in [-0.2, 0) is 6.54 Å². The molecule has 0 aromatic heterocycles. The molecule has 0 amide bonds. The lowest BCUT2D eigenvalue weighted by atomic mass is 10.1. The number of halogens is 1. The first-order valence-electron chi connectivity index (χ1n) is 5.95. The Balaban J connectivity index is 2.08. The first kappa shape index (κ1) is 13.8. The lowest BCUT2D eigenvalue weighted by Gasteiger charge is -2.09. The van der Waals surface area contributed by atoms with Crippen LogP contribution >= 0.6 is 23.8 Å². The summed E-state index contributed by atoms with van der Waals surface area (Å²) in [4.78, 5) is 0.315. The number of rotatable bonds is 4. The number of hydrogen-bond acceptors (Lipinski definition) is 2. The second kappa shape index (κ2) is 6.04. The van der Waals surface area contributed by atoms with E-state index in [0.29, 0.717) is 15.6 Å². The van der Waals surface area contributed by atoms with Crippen LogP contribution in [0.5, 0.6) is 0 Å². The summed E-state index contributed by atoms with van der Waals surface area (Å²) in [6.45, 7) is 2.84. The molecule has 2 aromatic rings. The van der Waals surface area contributed by atoms with Crippen molar-refractivity contribution in [1.82, 2.24) is 0 Å². The van der Waals surface area contributed by atoms with Gasteiger partial charge < -0.3 is 11.1 Å². The summed E-state index contributed by atoms with van der Waals surface area (Å²) in [5, 5.41) is 3.90. The van der Waals surface area contributed by atoms with E-state index in [4.69, 9.17) is 29.6 Å². The molecule has 0 fully saturated rings. The molecule has 2 aromatic carbocycles. The van der Waals surface area contributed by atoms with E-state index in [2.05, 4.69) is 36.5 Å². The number of nitrogens with two attached hydrogens (primary N) is 1. The van der Waals surface area contributed by atoms with Crippen LogP contribution in [0.4, 0.5) is 5.69 Å². The van der Waals surface area contributed by atoms with Gasteiger partial charge >= 0.3 is 0 Å². The highest BCUT2D eigenvalue weighted by Gasteiger charge is 2.04. The van der Waals surface area contributed by atoms with Crippen molar-refractivity contribution in [3.63, 3.8) is 0 Å². The van der Waals surface area contributed by atoms with Crippen LogP contribution < -0.4 is 11.1 Å². The van der Waals surface area contributed by atoms with E-state index < -0.39 is 0 Å². The molecule has 0 heterocycles. The third-order valence-corrected chi connectivity index (χ3v) is 3.35. The predicted molar refractivity (Wildman–Crippen MR) is 85.8 cm³/mol. The van der Waals surface area contributed by atoms with Crippen LogP contribution in [0.15, 0.2) is 42.5 Å². The highest BCUT2D eigenvalue weighted by molar-refractivity contribution is 7.80. The van der Waals surface area contributed by atoms with E-state index in [9.17, 15) is 0 Å². The zero-order valence-corrected chi connectivity index (χ0v) is 12.2. The molecule has 0 radical (unpaired) electrons. The lowest BCUT2D eigenvalue weighted by Crippen LogP contribution is -2.10. The predicted octanol–water partition coefficient (Wildman–Crippen LogP) is 3.89. The average molecular weight is 291 g/mol. The number of hydrogen-bond donors (Lipinski definition) is 2. The summed E-state index contributed by atoms with van der Waals surface area (Å²) in [7, 11) is 0. The fraction of sp³-hybridized carbons (Fsp3) is 0.133. The van der Waals surface area contributed by atoms with Gasteiger partial charge in [0, 0.05) is 17.8 Å². The van der Waals surface area contributed by atoms with Gasteiger partial charge in [-0.25, -0.2) is 0 Å². The van der Waals surface area contributed by atoms with Gasteiger partial charge in [0.2, 0.25) is 0 Å². The van der Waals surface area contributed by atoms with Crippen LogP contribution in [-0.4, -0.2) is 4.99 Å². The van der Waals surface area contributed by atoms with E-state index in [1.54, 1.807) is 0 Å². The molecule has 98 valence electrons. The van der Waals surface area contributed by atoms with Crippen molar-refractivity contribution >= 4 is 34.5 Å². The van der Waals surface area contributed by atoms with Crippen molar-refractivity contribution in [3.8, 4) is 0 Å². The Bertz CT molecular complexity index is 611. The van der Waals surface area contributed by atoms with Gasteiger partial charge in [0.1, 0.15) is 4.99 Å². The summed E-state index contributed by atoms with van der Waals surface area (Å²) in [6.07, 6.45) is 0. The fourth-order valence-electron chi connectivity index (χ4n) is 1.85. The number of benzene rings is 2. The van der Waals surface area contributed by atoms with Crippen molar-refractivity contribution in [2.45, 2.75) is 13.5 Å². The van der Waals surface area contributed by atoms with Crippen molar-refractivity contribution in [2.75, 3.05) is 5.32 Å². The molecule has 2 nitrogen and oxygen atoms in total. The quantitative estimate of drug-likeness (QED) is 0.839. The maximum Gasteiger partial charge on any atom is 0.105 e. The maximum atomic E-state index is 6.12. The van der Waals surface area contributed by atoms with Crippen molar-refractivity contribution in [2.24, 2.45) is 5.73 Å². The van der Waals surface area contributed by atoms with Crippen LogP contribution in [0.1, 0.15) is 16.7 Å². The Morgan fingerprint density at radius 3 is 2.68 bits per heavy atom. The summed E-state index contributed by atoms with van der Waals surface area (Å²) in [5.41, 5.74) is 9.71. The topological polar surface area (TPSA) is 38.0 Å². The monoisotopic (exact) mass is 290 g/mol. The first-order chi connectivity index (χ1) is 9.06. The van der Waals surface area contributed by atoms with E-state index >= 15 is 0 Å². The van der Waals surface area contributed by atoms with Gasteiger partial charge in [-0.1, -0.05) is 53.6 Å². The third-order valence-electron chi connectivity index (χ3n) is 2.81. The average Bonchev–Trinajstić information content (AvgIpc) is 2.36. The molecule has 0 unspecified atom stereocenters. The number of anilines is 1. The minimum atomic E-state index is 0.315. The number of aryl methyl sites for hydroxylation is 1. The van der Waals surface area contributed by atoms with Crippen LogP contribution in [0.25, 0.3) is 0 Å². The summed E-state index contributed by atoms with van der Waals surface area (Å²) in [5.74, 6) is 0. The van der Waals surface area contributed by atoms with E-state index in [0.717, 1.165) is 12.2 Å². The molecular formula is C15H15ClN2S. The van der Waals surface area contributed by atoms with Gasteiger partial charge in [0.05, 0.1) is 5.02 Å². The highest BCUT2D eigenvalue weighted by atomic mass is 35.5. The minimum Gasteiger partial charge on any atom is -0.389 e. The molecule has 0 aliphatic carbocycles. The van der Waals surface area contributed by atoms with Gasteiger partial charge in [0.15, 0.2) is 0 Å². The SMILES string of the molecule is Cc1cccc(CNc2ccc(C(N)=S)c(Cl)c2)c1. The molecule has 0 bridgehead atoms. The zero-order chi connectivity index (χ0) is 13.8. The zero-order valence-electron chi connectivity index (χ0n) is 10.6. The van der Waals surface area contributed by atoms with Crippen LogP contribution in [0, 0.1) is 6.92 Å². The van der Waals surface area contributed by atoms with Gasteiger partial charge in [0.25, 0.3) is 0 Å². The molecule has 0 aliphatic heterocycles. The smallest absolute Gasteiger partial charge is 0.105 e. The van der Waals surface area contributed by atoms with Gasteiger partial charge in [-0.05, 0) is 30.7 Å². The molecule has 3 N–H and O–H groups in total. The van der Waals surface area contributed by atoms with E-state index in [1.165, 1.54) is 11.1 Å². The van der Waals surface area contributed by atoms with Crippen LogP contribution in [0.3, 0.4) is 0 Å². The summed E-state index contributed by atoms with van der Waals surface area (Å²) in [6, 6.07) is 14.0. The largest absolute Gasteiger partial charge is 0.389 e. The van der Waals surface area contributed by atoms with Crippen molar-refractivity contribution in [3.05, 3.63) is 64.2 Å². The van der Waals surface area contributed by atoms with Crippen molar-refractivity contribution in [1.29, 1.82) is 0 Å². The molecule has 0 saturated carbocycles. The molecule has 2 rings (SSSR count). The van der Waals surface area contributed by atoms with E-state index in [1.807, 2.05) is 18.2 Å². The molecular weight excluding hydrogens is 276 g/mol. The van der Waals surface area contributed by atoms with E-state index in [-0.39, 0.29) is 0 Å². The normalized spacial score (nSPS) is 10.2. The van der Waals surface area contributed by atoms with Crippen molar-refractivity contribution < 1.29 is 0 Å².